The molecule has 6 heteroatoms. The van der Waals surface area contributed by atoms with Gasteiger partial charge in [-0.05, 0) is 31.6 Å². The van der Waals surface area contributed by atoms with Crippen LogP contribution < -0.4 is 0 Å². The monoisotopic (exact) mass is 322 g/mol. The second-order valence-electron chi connectivity index (χ2n) is 5.51. The maximum absolute atomic E-state index is 12.0. The number of esters is 1. The van der Waals surface area contributed by atoms with Crippen LogP contribution >= 0.6 is 0 Å². The number of carbonyl (C=O) groups is 1. The van der Waals surface area contributed by atoms with Gasteiger partial charge in [0.25, 0.3) is 5.69 Å². The summed E-state index contributed by atoms with van der Waals surface area (Å²) in [4.78, 5) is 26.7. The van der Waals surface area contributed by atoms with E-state index in [9.17, 15) is 14.9 Å². The van der Waals surface area contributed by atoms with Crippen molar-refractivity contribution in [3.63, 3.8) is 0 Å². The molecule has 0 fully saturated rings. The van der Waals surface area contributed by atoms with Gasteiger partial charge in [0.05, 0.1) is 4.92 Å². The molecule has 2 aromatic rings. The van der Waals surface area contributed by atoms with Gasteiger partial charge in [0.15, 0.2) is 5.70 Å². The van der Waals surface area contributed by atoms with E-state index >= 15 is 0 Å². The molecule has 6 nitrogen and oxygen atoms in total. The van der Waals surface area contributed by atoms with Crippen LogP contribution in [0, 0.1) is 24.0 Å². The van der Waals surface area contributed by atoms with Gasteiger partial charge in [-0.3, -0.25) is 10.1 Å². The van der Waals surface area contributed by atoms with Crippen molar-refractivity contribution in [2.45, 2.75) is 13.8 Å². The normalized spacial score (nSPS) is 15.3. The highest BCUT2D eigenvalue weighted by Gasteiger charge is 2.25. The molecule has 0 atom stereocenters. The first-order valence-electron chi connectivity index (χ1n) is 7.29. The average Bonchev–Trinajstić information content (AvgIpc) is 2.90. The lowest BCUT2D eigenvalue weighted by atomic mass is 10.1. The number of carbonyl (C=O) groups excluding carboxylic acids is 1. The number of nitro groups is 1. The van der Waals surface area contributed by atoms with Gasteiger partial charge < -0.3 is 4.74 Å². The number of cyclic esters (lactones) is 1. The largest absolute Gasteiger partial charge is 0.402 e. The van der Waals surface area contributed by atoms with Gasteiger partial charge in [-0.1, -0.05) is 35.9 Å². The van der Waals surface area contributed by atoms with Crippen molar-refractivity contribution in [2.24, 2.45) is 4.99 Å². The van der Waals surface area contributed by atoms with Crippen LogP contribution in [0.2, 0.25) is 0 Å². The van der Waals surface area contributed by atoms with E-state index in [0.29, 0.717) is 11.1 Å². The molecule has 0 saturated heterocycles. The molecule has 1 aliphatic rings. The number of rotatable bonds is 3. The van der Waals surface area contributed by atoms with Crippen molar-refractivity contribution in [1.82, 2.24) is 0 Å². The number of hydrogen-bond acceptors (Lipinski definition) is 5. The highest BCUT2D eigenvalue weighted by Crippen LogP contribution is 2.24. The van der Waals surface area contributed by atoms with Crippen molar-refractivity contribution in [1.29, 1.82) is 0 Å². The molecule has 1 heterocycles. The summed E-state index contributed by atoms with van der Waals surface area (Å²) in [5.74, 6) is -0.504. The summed E-state index contributed by atoms with van der Waals surface area (Å²) in [5.41, 5.74) is 2.99. The van der Waals surface area contributed by atoms with Crippen LogP contribution in [0.3, 0.4) is 0 Å². The number of aliphatic imine (C=N–C) groups is 1. The van der Waals surface area contributed by atoms with E-state index in [2.05, 4.69) is 4.99 Å². The first kappa shape index (κ1) is 15.6. The highest BCUT2D eigenvalue weighted by molar-refractivity contribution is 6.13. The quantitative estimate of drug-likeness (QED) is 0.374. The molecule has 0 N–H and O–H groups in total. The summed E-state index contributed by atoms with van der Waals surface area (Å²) in [7, 11) is 0. The zero-order chi connectivity index (χ0) is 17.3. The predicted octanol–water partition coefficient (Wildman–Crippen LogP) is 3.56. The number of hydrogen-bond donors (Lipinski definition) is 0. The molecular weight excluding hydrogens is 308 g/mol. The van der Waals surface area contributed by atoms with Gasteiger partial charge in [-0.25, -0.2) is 9.79 Å². The molecule has 120 valence electrons. The molecular formula is C18H14N2O4. The van der Waals surface area contributed by atoms with Gasteiger partial charge in [0.1, 0.15) is 0 Å². The summed E-state index contributed by atoms with van der Waals surface area (Å²) in [6, 6.07) is 12.2. The van der Waals surface area contributed by atoms with Gasteiger partial charge in [0.2, 0.25) is 5.90 Å². The van der Waals surface area contributed by atoms with E-state index in [-0.39, 0.29) is 17.3 Å². The number of ether oxygens (including phenoxy) is 1. The van der Waals surface area contributed by atoms with Crippen LogP contribution in [0.25, 0.3) is 6.08 Å². The Labute approximate surface area is 138 Å². The van der Waals surface area contributed by atoms with Crippen LogP contribution in [0.5, 0.6) is 0 Å². The third-order valence-electron chi connectivity index (χ3n) is 3.65. The van der Waals surface area contributed by atoms with Crippen molar-refractivity contribution < 1.29 is 14.5 Å². The minimum absolute atomic E-state index is 0.0396. The van der Waals surface area contributed by atoms with Crippen molar-refractivity contribution in [3.05, 3.63) is 80.5 Å². The minimum atomic E-state index is -0.575. The van der Waals surface area contributed by atoms with E-state index in [1.165, 1.54) is 6.07 Å². The minimum Gasteiger partial charge on any atom is -0.402 e. The molecule has 24 heavy (non-hydrogen) atoms. The summed E-state index contributed by atoms with van der Waals surface area (Å²) >= 11 is 0. The van der Waals surface area contributed by atoms with E-state index in [1.807, 2.05) is 31.2 Å². The number of nitro benzene ring substituents is 1. The fourth-order valence-corrected chi connectivity index (χ4v) is 2.29. The number of nitrogens with zero attached hydrogens (tertiary/aromatic N) is 2. The molecule has 0 spiro atoms. The average molecular weight is 322 g/mol. The molecule has 0 radical (unpaired) electrons. The van der Waals surface area contributed by atoms with E-state index in [4.69, 9.17) is 4.74 Å². The lowest BCUT2D eigenvalue weighted by Gasteiger charge is -2.01. The third-order valence-corrected chi connectivity index (χ3v) is 3.65. The Morgan fingerprint density at radius 1 is 1.12 bits per heavy atom. The van der Waals surface area contributed by atoms with Crippen molar-refractivity contribution in [3.8, 4) is 0 Å². The van der Waals surface area contributed by atoms with E-state index in [0.717, 1.165) is 11.1 Å². The molecule has 2 aromatic carbocycles. The first-order valence-corrected chi connectivity index (χ1v) is 7.29. The molecule has 0 unspecified atom stereocenters. The van der Waals surface area contributed by atoms with Crippen LogP contribution in [0.15, 0.2) is 53.2 Å². The first-order chi connectivity index (χ1) is 11.4. The standard InChI is InChI=1S/C18H14N2O4/c1-11-3-6-13(7-4-11)9-15-18(21)24-17(19-15)14-8-5-12(2)16(10-14)20(22)23/h3-10H,1-2H3/b15-9-. The molecule has 3 rings (SSSR count). The molecule has 0 aromatic heterocycles. The lowest BCUT2D eigenvalue weighted by molar-refractivity contribution is -0.385. The predicted molar refractivity (Wildman–Crippen MR) is 89.6 cm³/mol. The molecule has 0 saturated carbocycles. The van der Waals surface area contributed by atoms with Crippen LogP contribution in [0.4, 0.5) is 5.69 Å². The Morgan fingerprint density at radius 3 is 2.50 bits per heavy atom. The van der Waals surface area contributed by atoms with Crippen molar-refractivity contribution in [2.75, 3.05) is 0 Å². The Bertz CT molecular complexity index is 896. The molecule has 1 aliphatic heterocycles. The van der Waals surface area contributed by atoms with Crippen LogP contribution in [0.1, 0.15) is 22.3 Å². The summed E-state index contributed by atoms with van der Waals surface area (Å²) in [6.45, 7) is 3.62. The smallest absolute Gasteiger partial charge is 0.363 e. The maximum Gasteiger partial charge on any atom is 0.363 e. The lowest BCUT2D eigenvalue weighted by Crippen LogP contribution is -2.06. The number of aryl methyl sites for hydroxylation is 2. The molecule has 0 bridgehead atoms. The number of benzene rings is 2. The Balaban J connectivity index is 1.96. The SMILES string of the molecule is Cc1ccc(/C=C2\N=C(c3ccc(C)c([N+](=O)[O-])c3)OC2=O)cc1. The van der Waals surface area contributed by atoms with E-state index < -0.39 is 10.9 Å². The van der Waals surface area contributed by atoms with Crippen LogP contribution in [-0.4, -0.2) is 16.8 Å². The molecule has 0 aliphatic carbocycles. The van der Waals surface area contributed by atoms with E-state index in [1.54, 1.807) is 25.1 Å². The third kappa shape index (κ3) is 3.08. The summed E-state index contributed by atoms with van der Waals surface area (Å²) in [6.07, 6.45) is 1.62. The topological polar surface area (TPSA) is 81.8 Å². The zero-order valence-electron chi connectivity index (χ0n) is 13.1. The highest BCUT2D eigenvalue weighted by atomic mass is 16.6. The second kappa shape index (κ2) is 6.08. The summed E-state index contributed by atoms with van der Waals surface area (Å²) in [5, 5.41) is 11.0. The Kier molecular flexibility index (Phi) is 3.95. The Morgan fingerprint density at radius 2 is 1.83 bits per heavy atom. The van der Waals surface area contributed by atoms with Crippen LogP contribution in [-0.2, 0) is 9.53 Å². The van der Waals surface area contributed by atoms with Crippen molar-refractivity contribution >= 4 is 23.6 Å². The maximum atomic E-state index is 12.0. The molecule has 0 amide bonds. The summed E-state index contributed by atoms with van der Waals surface area (Å²) < 4.78 is 5.15. The Hall–Kier alpha value is -3.28. The van der Waals surface area contributed by atoms with Gasteiger partial charge in [-0.2, -0.15) is 0 Å². The van der Waals surface area contributed by atoms with Gasteiger partial charge in [0, 0.05) is 17.2 Å². The van der Waals surface area contributed by atoms with Gasteiger partial charge >= 0.3 is 5.97 Å². The zero-order valence-corrected chi connectivity index (χ0v) is 13.1. The fourth-order valence-electron chi connectivity index (χ4n) is 2.29. The second-order valence-corrected chi connectivity index (χ2v) is 5.51. The van der Waals surface area contributed by atoms with Gasteiger partial charge in [-0.15, -0.1) is 0 Å². The fraction of sp³-hybridized carbons (Fsp3) is 0.111.